The molecule has 0 saturated carbocycles. The van der Waals surface area contributed by atoms with E-state index < -0.39 is 22.8 Å². The highest BCUT2D eigenvalue weighted by atomic mass is 16.7. The van der Waals surface area contributed by atoms with Crippen molar-refractivity contribution < 1.29 is 14.7 Å². The number of β-amino-alcohol motifs (C(OH)–C–C–N with tert-alkyl or cyclic N) is 1. The van der Waals surface area contributed by atoms with Gasteiger partial charge in [0.25, 0.3) is 11.5 Å². The van der Waals surface area contributed by atoms with E-state index in [0.29, 0.717) is 12.1 Å². The molecule has 33 heavy (non-hydrogen) atoms. The smallest absolute Gasteiger partial charge is 0.331 e. The quantitative estimate of drug-likeness (QED) is 0.649. The maximum Gasteiger partial charge on any atom is 0.331 e. The van der Waals surface area contributed by atoms with Crippen molar-refractivity contribution in [2.24, 2.45) is 7.05 Å². The van der Waals surface area contributed by atoms with Gasteiger partial charge in [0.15, 0.2) is 0 Å². The van der Waals surface area contributed by atoms with Crippen molar-refractivity contribution in [2.75, 3.05) is 13.2 Å². The normalized spacial score (nSPS) is 18.6. The molecule has 3 heterocycles. The van der Waals surface area contributed by atoms with Gasteiger partial charge < -0.3 is 9.67 Å². The molecule has 0 bridgehead atoms. The summed E-state index contributed by atoms with van der Waals surface area (Å²) in [6.45, 7) is 9.59. The number of amides is 1. The lowest BCUT2D eigenvalue weighted by Gasteiger charge is -2.18. The predicted molar refractivity (Wildman–Crippen MR) is 124 cm³/mol. The lowest BCUT2D eigenvalue weighted by atomic mass is 10.0. The Kier molecular flexibility index (Phi) is 5.58. The highest BCUT2D eigenvalue weighted by Crippen LogP contribution is 2.26. The minimum absolute atomic E-state index is 0.0218. The fraction of sp³-hybridized carbons (Fsp3) is 0.458. The van der Waals surface area contributed by atoms with E-state index in [4.69, 9.17) is 4.84 Å². The SMILES string of the molecule is Cc1cccc(C)c1Cn1cc2c(c1C(=O)N1C[C@](C)(O)CO1)c(=O)n(C)c(=O)n2C(C)C. The summed E-state index contributed by atoms with van der Waals surface area (Å²) in [6, 6.07) is 5.74. The van der Waals surface area contributed by atoms with Gasteiger partial charge in [0.05, 0.1) is 17.4 Å². The average Bonchev–Trinajstić information content (AvgIpc) is 3.28. The third kappa shape index (κ3) is 3.81. The molecule has 1 aliphatic rings. The van der Waals surface area contributed by atoms with E-state index in [9.17, 15) is 19.5 Å². The highest BCUT2D eigenvalue weighted by Gasteiger charge is 2.38. The number of carbonyl (C=O) groups is 1. The van der Waals surface area contributed by atoms with Gasteiger partial charge in [-0.1, -0.05) is 18.2 Å². The molecule has 1 fully saturated rings. The Morgan fingerprint density at radius 3 is 2.39 bits per heavy atom. The maximum atomic E-state index is 13.7. The monoisotopic (exact) mass is 454 g/mol. The molecular formula is C24H30N4O5. The van der Waals surface area contributed by atoms with Gasteiger partial charge in [0.1, 0.15) is 17.9 Å². The highest BCUT2D eigenvalue weighted by molar-refractivity contribution is 6.05. The molecular weight excluding hydrogens is 424 g/mol. The molecule has 0 aliphatic carbocycles. The number of carbonyl (C=O) groups excluding carboxylic acids is 1. The largest absolute Gasteiger partial charge is 0.386 e. The number of hydrogen-bond acceptors (Lipinski definition) is 5. The van der Waals surface area contributed by atoms with Crippen LogP contribution in [0.1, 0.15) is 54.0 Å². The Morgan fingerprint density at radius 2 is 1.85 bits per heavy atom. The molecule has 1 amide bonds. The Labute approximate surface area is 191 Å². The number of fused-ring (bicyclic) bond motifs is 1. The van der Waals surface area contributed by atoms with Crippen molar-refractivity contribution in [3.05, 3.63) is 67.6 Å². The molecule has 1 aromatic carbocycles. The molecule has 9 nitrogen and oxygen atoms in total. The Bertz CT molecular complexity index is 1360. The molecule has 2 aromatic heterocycles. The van der Waals surface area contributed by atoms with Crippen LogP contribution < -0.4 is 11.2 Å². The van der Waals surface area contributed by atoms with Gasteiger partial charge in [0.2, 0.25) is 0 Å². The summed E-state index contributed by atoms with van der Waals surface area (Å²) in [5, 5.41) is 11.6. The predicted octanol–water partition coefficient (Wildman–Crippen LogP) is 1.89. The van der Waals surface area contributed by atoms with E-state index >= 15 is 0 Å². The number of rotatable bonds is 4. The van der Waals surface area contributed by atoms with Gasteiger partial charge in [-0.25, -0.2) is 9.86 Å². The lowest BCUT2D eigenvalue weighted by molar-refractivity contribution is -0.0801. The van der Waals surface area contributed by atoms with Crippen LogP contribution in [-0.2, 0) is 18.4 Å². The van der Waals surface area contributed by atoms with Crippen LogP contribution in [0.4, 0.5) is 0 Å². The molecule has 176 valence electrons. The number of hydroxylamine groups is 2. The molecule has 1 aliphatic heterocycles. The molecule has 1 saturated heterocycles. The lowest BCUT2D eigenvalue weighted by Crippen LogP contribution is -2.40. The van der Waals surface area contributed by atoms with Gasteiger partial charge in [-0.3, -0.25) is 23.6 Å². The van der Waals surface area contributed by atoms with Crippen molar-refractivity contribution in [3.63, 3.8) is 0 Å². The first kappa shape index (κ1) is 23.0. The summed E-state index contributed by atoms with van der Waals surface area (Å²) in [4.78, 5) is 45.3. The molecule has 0 spiro atoms. The fourth-order valence-electron chi connectivity index (χ4n) is 4.44. The van der Waals surface area contributed by atoms with Crippen LogP contribution in [0.3, 0.4) is 0 Å². The zero-order valence-corrected chi connectivity index (χ0v) is 19.9. The van der Waals surface area contributed by atoms with Crippen LogP contribution in [0.15, 0.2) is 34.0 Å². The Hall–Kier alpha value is -3.17. The second-order valence-electron chi connectivity index (χ2n) is 9.46. The first-order valence-electron chi connectivity index (χ1n) is 11.0. The van der Waals surface area contributed by atoms with Gasteiger partial charge in [-0.2, -0.15) is 0 Å². The van der Waals surface area contributed by atoms with Crippen LogP contribution in [0.5, 0.6) is 0 Å². The molecule has 3 aromatic rings. The van der Waals surface area contributed by atoms with Crippen molar-refractivity contribution in [2.45, 2.75) is 52.8 Å². The zero-order chi connectivity index (χ0) is 24.2. The van der Waals surface area contributed by atoms with E-state index in [1.54, 1.807) is 17.7 Å². The number of aryl methyl sites for hydroxylation is 2. The van der Waals surface area contributed by atoms with Crippen molar-refractivity contribution in [1.29, 1.82) is 0 Å². The number of aromatic nitrogens is 3. The van der Waals surface area contributed by atoms with E-state index in [0.717, 1.165) is 26.3 Å². The van der Waals surface area contributed by atoms with Crippen LogP contribution >= 0.6 is 0 Å². The summed E-state index contributed by atoms with van der Waals surface area (Å²) in [6.07, 6.45) is 1.70. The van der Waals surface area contributed by atoms with Crippen LogP contribution in [0, 0.1) is 13.8 Å². The van der Waals surface area contributed by atoms with Gasteiger partial charge in [-0.15, -0.1) is 0 Å². The Morgan fingerprint density at radius 1 is 1.21 bits per heavy atom. The zero-order valence-electron chi connectivity index (χ0n) is 19.9. The van der Waals surface area contributed by atoms with Gasteiger partial charge in [-0.05, 0) is 51.3 Å². The van der Waals surface area contributed by atoms with Crippen molar-refractivity contribution in [1.82, 2.24) is 18.8 Å². The average molecular weight is 455 g/mol. The standard InChI is InChI=1S/C24H30N4O5/c1-14(2)28-18-11-26(10-17-15(3)8-7-9-16(17)4)20(19(18)21(29)25(6)23(28)31)22(30)27-12-24(5,32)13-33-27/h7-9,11,14,32H,10,12-13H2,1-6H3/t24-/m0/s1. The van der Waals surface area contributed by atoms with E-state index in [-0.39, 0.29) is 30.3 Å². The summed E-state index contributed by atoms with van der Waals surface area (Å²) in [5.74, 6) is -0.528. The molecule has 1 atom stereocenters. The molecule has 0 unspecified atom stereocenters. The molecule has 9 heteroatoms. The second kappa shape index (κ2) is 8.00. The van der Waals surface area contributed by atoms with E-state index in [1.165, 1.54) is 11.6 Å². The third-order valence-corrected chi connectivity index (χ3v) is 6.26. The number of nitrogens with zero attached hydrogens (tertiary/aromatic N) is 4. The topological polar surface area (TPSA) is 98.7 Å². The van der Waals surface area contributed by atoms with Crippen LogP contribution in [-0.4, -0.2) is 48.5 Å². The summed E-state index contributed by atoms with van der Waals surface area (Å²) < 4.78 is 4.28. The first-order valence-corrected chi connectivity index (χ1v) is 11.0. The summed E-state index contributed by atoms with van der Waals surface area (Å²) in [5.41, 5.74) is 1.52. The number of benzene rings is 1. The molecule has 4 rings (SSSR count). The molecule has 0 radical (unpaired) electrons. The van der Waals surface area contributed by atoms with Crippen LogP contribution in [0.2, 0.25) is 0 Å². The van der Waals surface area contributed by atoms with Gasteiger partial charge >= 0.3 is 5.69 Å². The van der Waals surface area contributed by atoms with Crippen molar-refractivity contribution in [3.8, 4) is 0 Å². The fourth-order valence-corrected chi connectivity index (χ4v) is 4.44. The minimum Gasteiger partial charge on any atom is -0.386 e. The van der Waals surface area contributed by atoms with Crippen LogP contribution in [0.25, 0.3) is 10.9 Å². The summed E-state index contributed by atoms with van der Waals surface area (Å²) in [7, 11) is 1.41. The minimum atomic E-state index is -1.18. The summed E-state index contributed by atoms with van der Waals surface area (Å²) >= 11 is 0. The first-order chi connectivity index (χ1) is 15.4. The van der Waals surface area contributed by atoms with Crippen molar-refractivity contribution >= 4 is 16.8 Å². The van der Waals surface area contributed by atoms with E-state index in [2.05, 4.69) is 0 Å². The number of aliphatic hydroxyl groups is 1. The maximum absolute atomic E-state index is 13.7. The number of hydrogen-bond donors (Lipinski definition) is 1. The Balaban J connectivity index is 2.02. The molecule has 1 N–H and O–H groups in total. The second-order valence-corrected chi connectivity index (χ2v) is 9.46. The third-order valence-electron chi connectivity index (χ3n) is 6.26. The van der Waals surface area contributed by atoms with Gasteiger partial charge in [0, 0.05) is 25.8 Å². The van der Waals surface area contributed by atoms with E-state index in [1.807, 2.05) is 45.9 Å².